The van der Waals surface area contributed by atoms with Crippen LogP contribution in [0.1, 0.15) is 39.4 Å². The van der Waals surface area contributed by atoms with Gasteiger partial charge in [-0.2, -0.15) is 0 Å². The number of carbonyl (C=O) groups is 1. The van der Waals surface area contributed by atoms with Gasteiger partial charge in [-0.25, -0.2) is 8.42 Å². The van der Waals surface area contributed by atoms with Gasteiger partial charge >= 0.3 is 0 Å². The van der Waals surface area contributed by atoms with Crippen molar-refractivity contribution in [2.24, 2.45) is 11.8 Å². The number of thioether (sulfide) groups is 1. The summed E-state index contributed by atoms with van der Waals surface area (Å²) in [6.07, 6.45) is 3.33. The van der Waals surface area contributed by atoms with Crippen LogP contribution in [0.15, 0.2) is 28.0 Å². The molecule has 2 aliphatic rings. The highest BCUT2D eigenvalue weighted by atomic mass is 32.2. The summed E-state index contributed by atoms with van der Waals surface area (Å²) < 4.78 is 31.3. The Balaban J connectivity index is 1.54. The Kier molecular flexibility index (Phi) is 7.09. The second-order valence-corrected chi connectivity index (χ2v) is 13.1. The molecule has 2 aromatic heterocycles. The minimum Gasteiger partial charge on any atom is -0.467 e. The Morgan fingerprint density at radius 3 is 2.64 bits per heavy atom. The predicted octanol–water partition coefficient (Wildman–Crippen LogP) is 2.53. The summed E-state index contributed by atoms with van der Waals surface area (Å²) in [5, 5.41) is 9.19. The number of aromatic nitrogens is 3. The van der Waals surface area contributed by atoms with Crippen LogP contribution in [0.3, 0.4) is 0 Å². The summed E-state index contributed by atoms with van der Waals surface area (Å²) in [5.41, 5.74) is 0. The fourth-order valence-corrected chi connectivity index (χ4v) is 7.60. The van der Waals surface area contributed by atoms with Gasteiger partial charge in [0.1, 0.15) is 5.76 Å². The molecule has 0 spiro atoms. The highest BCUT2D eigenvalue weighted by Gasteiger charge is 2.35. The van der Waals surface area contributed by atoms with Crippen LogP contribution in [-0.2, 0) is 21.2 Å². The van der Waals surface area contributed by atoms with Crippen LogP contribution in [0.4, 0.5) is 5.95 Å². The van der Waals surface area contributed by atoms with Crippen LogP contribution in [0.2, 0.25) is 0 Å². The number of amides is 1. The molecule has 11 heteroatoms. The second kappa shape index (κ2) is 9.69. The van der Waals surface area contributed by atoms with Gasteiger partial charge in [0.05, 0.1) is 29.6 Å². The molecule has 182 valence electrons. The monoisotopic (exact) mass is 495 g/mol. The highest BCUT2D eigenvalue weighted by Crippen LogP contribution is 2.31. The van der Waals surface area contributed by atoms with E-state index < -0.39 is 15.1 Å². The molecule has 0 N–H and O–H groups in total. The Bertz CT molecular complexity index is 1060. The van der Waals surface area contributed by atoms with Crippen LogP contribution in [0, 0.1) is 11.8 Å². The van der Waals surface area contributed by atoms with E-state index in [1.54, 1.807) is 18.2 Å². The number of sulfone groups is 1. The zero-order valence-electron chi connectivity index (χ0n) is 19.7. The standard InChI is InChI=1S/C22H33N5O4S2/c1-15-10-16(2)12-26(11-15)21-23-24-22(27(21)13-19-6-5-8-31-19)32-17(3)20(28)25(4)18-7-9-33(29,30)14-18/h5-6,8,15-18H,7,9-14H2,1-4H3/t15-,16+,17-,18-/m0/s1. The number of nitrogens with zero attached hydrogens (tertiary/aromatic N) is 5. The van der Waals surface area contributed by atoms with E-state index in [1.807, 2.05) is 23.6 Å². The summed E-state index contributed by atoms with van der Waals surface area (Å²) >= 11 is 1.35. The van der Waals surface area contributed by atoms with E-state index in [0.717, 1.165) is 24.8 Å². The van der Waals surface area contributed by atoms with Gasteiger partial charge in [0.15, 0.2) is 15.0 Å². The van der Waals surface area contributed by atoms with Crippen molar-refractivity contribution in [3.63, 3.8) is 0 Å². The van der Waals surface area contributed by atoms with Crippen LogP contribution in [-0.4, -0.2) is 76.9 Å². The summed E-state index contributed by atoms with van der Waals surface area (Å²) in [6.45, 7) is 8.66. The third kappa shape index (κ3) is 5.56. The summed E-state index contributed by atoms with van der Waals surface area (Å²) in [4.78, 5) is 17.0. The first-order chi connectivity index (χ1) is 15.6. The molecule has 2 aromatic rings. The van der Waals surface area contributed by atoms with Gasteiger partial charge < -0.3 is 14.2 Å². The van der Waals surface area contributed by atoms with E-state index in [1.165, 1.54) is 18.2 Å². The van der Waals surface area contributed by atoms with Crippen molar-refractivity contribution >= 4 is 33.5 Å². The first kappa shape index (κ1) is 24.1. The van der Waals surface area contributed by atoms with Gasteiger partial charge in [0.2, 0.25) is 11.9 Å². The number of hydrogen-bond acceptors (Lipinski definition) is 8. The third-order valence-corrected chi connectivity index (χ3v) is 9.30. The number of anilines is 1. The van der Waals surface area contributed by atoms with E-state index in [2.05, 4.69) is 28.9 Å². The number of furan rings is 1. The molecule has 9 nitrogen and oxygen atoms in total. The molecule has 33 heavy (non-hydrogen) atoms. The van der Waals surface area contributed by atoms with Crippen LogP contribution in [0.5, 0.6) is 0 Å². The minimum atomic E-state index is -3.06. The predicted molar refractivity (Wildman–Crippen MR) is 128 cm³/mol. The van der Waals surface area contributed by atoms with E-state index in [-0.39, 0.29) is 23.5 Å². The molecule has 0 aromatic carbocycles. The van der Waals surface area contributed by atoms with Gasteiger partial charge in [-0.1, -0.05) is 25.6 Å². The van der Waals surface area contributed by atoms with Gasteiger partial charge in [0.25, 0.3) is 0 Å². The lowest BCUT2D eigenvalue weighted by molar-refractivity contribution is -0.130. The number of hydrogen-bond donors (Lipinski definition) is 0. The lowest BCUT2D eigenvalue weighted by Crippen LogP contribution is -2.42. The average Bonchev–Trinajstić information content (AvgIpc) is 3.47. The molecule has 0 bridgehead atoms. The van der Waals surface area contributed by atoms with Crippen LogP contribution < -0.4 is 4.90 Å². The molecule has 4 atom stereocenters. The van der Waals surface area contributed by atoms with E-state index in [9.17, 15) is 13.2 Å². The maximum absolute atomic E-state index is 13.1. The van der Waals surface area contributed by atoms with Gasteiger partial charge in [-0.05, 0) is 43.7 Å². The molecular weight excluding hydrogens is 462 g/mol. The summed E-state index contributed by atoms with van der Waals surface area (Å²) in [5.74, 6) is 2.80. The lowest BCUT2D eigenvalue weighted by atomic mass is 9.92. The molecule has 4 rings (SSSR count). The van der Waals surface area contributed by atoms with Gasteiger partial charge in [-0.15, -0.1) is 10.2 Å². The molecule has 4 heterocycles. The highest BCUT2D eigenvalue weighted by molar-refractivity contribution is 8.00. The summed E-state index contributed by atoms with van der Waals surface area (Å²) in [7, 11) is -1.36. The normalized spacial score (nSPS) is 25.8. The number of rotatable bonds is 7. The third-order valence-electron chi connectivity index (χ3n) is 6.48. The van der Waals surface area contributed by atoms with Gasteiger partial charge in [0, 0.05) is 26.2 Å². The van der Waals surface area contributed by atoms with Crippen molar-refractivity contribution in [3.05, 3.63) is 24.2 Å². The minimum absolute atomic E-state index is 0.0385. The maximum atomic E-state index is 13.1. The lowest BCUT2D eigenvalue weighted by Gasteiger charge is -2.35. The molecular formula is C22H33N5O4S2. The molecule has 2 aliphatic heterocycles. The SMILES string of the molecule is C[C@@H]1C[C@H](C)CN(c2nnc(S[C@@H](C)C(=O)N(C)[C@H]3CCS(=O)(=O)C3)n2Cc2ccco2)C1. The molecule has 0 aliphatic carbocycles. The Morgan fingerprint density at radius 2 is 2.03 bits per heavy atom. The quantitative estimate of drug-likeness (QED) is 0.540. The smallest absolute Gasteiger partial charge is 0.235 e. The number of piperidine rings is 1. The maximum Gasteiger partial charge on any atom is 0.235 e. The Labute approximate surface area is 199 Å². The van der Waals surface area contributed by atoms with Crippen molar-refractivity contribution in [2.45, 2.75) is 56.6 Å². The van der Waals surface area contributed by atoms with E-state index in [0.29, 0.717) is 30.0 Å². The molecule has 1 amide bonds. The molecule has 0 saturated carbocycles. The molecule has 0 unspecified atom stereocenters. The summed E-state index contributed by atoms with van der Waals surface area (Å²) in [6, 6.07) is 3.51. The van der Waals surface area contributed by atoms with Crippen LogP contribution in [0.25, 0.3) is 0 Å². The second-order valence-electron chi connectivity index (χ2n) is 9.57. The average molecular weight is 496 g/mol. The zero-order valence-corrected chi connectivity index (χ0v) is 21.3. The first-order valence-electron chi connectivity index (χ1n) is 11.5. The van der Waals surface area contributed by atoms with Crippen molar-refractivity contribution in [3.8, 4) is 0 Å². The fourth-order valence-electron chi connectivity index (χ4n) is 4.88. The molecule has 2 saturated heterocycles. The van der Waals surface area contributed by atoms with Crippen LogP contribution >= 0.6 is 11.8 Å². The fraction of sp³-hybridized carbons (Fsp3) is 0.682. The first-order valence-corrected chi connectivity index (χ1v) is 14.2. The van der Waals surface area contributed by atoms with Crippen molar-refractivity contribution in [1.29, 1.82) is 0 Å². The van der Waals surface area contributed by atoms with Gasteiger partial charge in [-0.3, -0.25) is 9.36 Å². The van der Waals surface area contributed by atoms with E-state index >= 15 is 0 Å². The molecule has 2 fully saturated rings. The Morgan fingerprint density at radius 1 is 1.30 bits per heavy atom. The molecule has 0 radical (unpaired) electrons. The van der Waals surface area contributed by atoms with Crippen molar-refractivity contribution < 1.29 is 17.6 Å². The van der Waals surface area contributed by atoms with E-state index in [4.69, 9.17) is 4.42 Å². The zero-order chi connectivity index (χ0) is 23.8. The largest absolute Gasteiger partial charge is 0.467 e. The van der Waals surface area contributed by atoms with Crippen molar-refractivity contribution in [1.82, 2.24) is 19.7 Å². The Hall–Kier alpha value is -2.01. The number of carbonyl (C=O) groups excluding carboxylic acids is 1. The van der Waals surface area contributed by atoms with Crippen molar-refractivity contribution in [2.75, 3.05) is 36.5 Å². The topological polar surface area (TPSA) is 102 Å².